The molecule has 0 spiro atoms. The molecule has 1 amide bonds. The SMILES string of the molecule is CCCc1cnc(N2C[C@H]3C[C@@H](NC(C)=O)[C@H](OCC4CC4)C[C@H]3C2)nc1. The van der Waals surface area contributed by atoms with Crippen LogP contribution in [0, 0.1) is 17.8 Å². The fourth-order valence-corrected chi connectivity index (χ4v) is 4.65. The van der Waals surface area contributed by atoms with Crippen molar-refractivity contribution in [1.29, 1.82) is 0 Å². The maximum atomic E-state index is 11.7. The summed E-state index contributed by atoms with van der Waals surface area (Å²) in [5.74, 6) is 2.80. The molecule has 1 saturated heterocycles. The van der Waals surface area contributed by atoms with E-state index in [1.807, 2.05) is 12.4 Å². The van der Waals surface area contributed by atoms with Crippen LogP contribution in [0.2, 0.25) is 0 Å². The molecule has 0 bridgehead atoms. The molecular weight excluding hydrogens is 340 g/mol. The molecule has 148 valence electrons. The van der Waals surface area contributed by atoms with E-state index in [4.69, 9.17) is 4.74 Å². The fourth-order valence-electron chi connectivity index (χ4n) is 4.65. The molecule has 4 atom stereocenters. The highest BCUT2D eigenvalue weighted by molar-refractivity contribution is 5.73. The molecule has 1 aromatic rings. The van der Waals surface area contributed by atoms with Crippen LogP contribution < -0.4 is 10.2 Å². The number of carbonyl (C=O) groups is 1. The van der Waals surface area contributed by atoms with E-state index in [-0.39, 0.29) is 18.1 Å². The summed E-state index contributed by atoms with van der Waals surface area (Å²) < 4.78 is 6.25. The van der Waals surface area contributed by atoms with Gasteiger partial charge < -0.3 is 15.0 Å². The summed E-state index contributed by atoms with van der Waals surface area (Å²) in [6, 6.07) is 0.135. The van der Waals surface area contributed by atoms with Crippen LogP contribution in [0.25, 0.3) is 0 Å². The molecule has 0 aromatic carbocycles. The molecule has 6 heteroatoms. The van der Waals surface area contributed by atoms with Gasteiger partial charge in [-0.05, 0) is 55.4 Å². The Morgan fingerprint density at radius 3 is 2.56 bits per heavy atom. The van der Waals surface area contributed by atoms with Crippen molar-refractivity contribution in [2.24, 2.45) is 17.8 Å². The van der Waals surface area contributed by atoms with E-state index in [0.717, 1.165) is 57.2 Å². The van der Waals surface area contributed by atoms with Gasteiger partial charge in [0, 0.05) is 39.0 Å². The number of aryl methyl sites for hydroxylation is 1. The molecular formula is C21H32N4O2. The zero-order valence-corrected chi connectivity index (χ0v) is 16.6. The lowest BCUT2D eigenvalue weighted by Gasteiger charge is -2.38. The average Bonchev–Trinajstić information content (AvgIpc) is 3.38. The van der Waals surface area contributed by atoms with E-state index in [1.54, 1.807) is 6.92 Å². The minimum absolute atomic E-state index is 0.0446. The van der Waals surface area contributed by atoms with Gasteiger partial charge in [0.15, 0.2) is 0 Å². The second-order valence-electron chi connectivity index (χ2n) is 8.66. The maximum absolute atomic E-state index is 11.7. The molecule has 6 nitrogen and oxygen atoms in total. The van der Waals surface area contributed by atoms with Gasteiger partial charge in [0.2, 0.25) is 11.9 Å². The Morgan fingerprint density at radius 2 is 1.93 bits per heavy atom. The lowest BCUT2D eigenvalue weighted by molar-refractivity contribution is -0.122. The van der Waals surface area contributed by atoms with Crippen LogP contribution in [-0.2, 0) is 16.0 Å². The van der Waals surface area contributed by atoms with Gasteiger partial charge in [-0.2, -0.15) is 0 Å². The molecule has 27 heavy (non-hydrogen) atoms. The number of aromatic nitrogens is 2. The molecule has 0 unspecified atom stereocenters. The lowest BCUT2D eigenvalue weighted by atomic mass is 9.77. The normalized spacial score (nSPS) is 30.2. The van der Waals surface area contributed by atoms with Crippen molar-refractivity contribution in [1.82, 2.24) is 15.3 Å². The van der Waals surface area contributed by atoms with Gasteiger partial charge in [-0.25, -0.2) is 9.97 Å². The van der Waals surface area contributed by atoms with Crippen LogP contribution in [0.15, 0.2) is 12.4 Å². The average molecular weight is 373 g/mol. The topological polar surface area (TPSA) is 67.4 Å². The highest BCUT2D eigenvalue weighted by Gasteiger charge is 2.44. The highest BCUT2D eigenvalue weighted by atomic mass is 16.5. The molecule has 2 heterocycles. The highest BCUT2D eigenvalue weighted by Crippen LogP contribution is 2.39. The fraction of sp³-hybridized carbons (Fsp3) is 0.762. The molecule has 4 rings (SSSR count). The summed E-state index contributed by atoms with van der Waals surface area (Å²) >= 11 is 0. The standard InChI is InChI=1S/C21H32N4O2/c1-3-4-16-9-22-21(23-10-16)25-11-17-7-19(24-14(2)26)20(8-18(17)12-25)27-13-15-5-6-15/h9-10,15,17-20H,3-8,11-13H2,1-2H3,(H,24,26)/t17-,18+,19-,20-/m1/s1. The third kappa shape index (κ3) is 4.60. The number of nitrogens with zero attached hydrogens (tertiary/aromatic N) is 3. The van der Waals surface area contributed by atoms with E-state index >= 15 is 0 Å². The molecule has 0 radical (unpaired) electrons. The summed E-state index contributed by atoms with van der Waals surface area (Å²) in [5, 5.41) is 3.15. The molecule has 1 aliphatic heterocycles. The molecule has 2 saturated carbocycles. The van der Waals surface area contributed by atoms with E-state index in [1.165, 1.54) is 18.4 Å². The Labute approximate surface area is 162 Å². The Bertz CT molecular complexity index is 646. The van der Waals surface area contributed by atoms with E-state index in [0.29, 0.717) is 11.8 Å². The van der Waals surface area contributed by atoms with Gasteiger partial charge in [0.1, 0.15) is 0 Å². The Balaban J connectivity index is 1.40. The van der Waals surface area contributed by atoms with Crippen LogP contribution in [0.1, 0.15) is 51.5 Å². The summed E-state index contributed by atoms with van der Waals surface area (Å²) in [4.78, 5) is 23.2. The maximum Gasteiger partial charge on any atom is 0.225 e. The largest absolute Gasteiger partial charge is 0.376 e. The van der Waals surface area contributed by atoms with Crippen molar-refractivity contribution >= 4 is 11.9 Å². The van der Waals surface area contributed by atoms with Crippen molar-refractivity contribution in [3.8, 4) is 0 Å². The van der Waals surface area contributed by atoms with Crippen molar-refractivity contribution in [3.63, 3.8) is 0 Å². The Kier molecular flexibility index (Phi) is 5.62. The summed E-state index contributed by atoms with van der Waals surface area (Å²) in [6.07, 6.45) is 10.8. The van der Waals surface area contributed by atoms with E-state index in [9.17, 15) is 4.79 Å². The van der Waals surface area contributed by atoms with Gasteiger partial charge in [-0.3, -0.25) is 4.79 Å². The van der Waals surface area contributed by atoms with E-state index < -0.39 is 0 Å². The first-order chi connectivity index (χ1) is 13.1. The second-order valence-corrected chi connectivity index (χ2v) is 8.66. The second kappa shape index (κ2) is 8.13. The summed E-state index contributed by atoms with van der Waals surface area (Å²) in [6.45, 7) is 6.60. The van der Waals surface area contributed by atoms with Gasteiger partial charge >= 0.3 is 0 Å². The van der Waals surface area contributed by atoms with Crippen molar-refractivity contribution in [2.45, 2.75) is 64.5 Å². The first-order valence-corrected chi connectivity index (χ1v) is 10.6. The zero-order valence-electron chi connectivity index (χ0n) is 16.6. The number of hydrogen-bond donors (Lipinski definition) is 1. The number of rotatable bonds is 7. The number of hydrogen-bond acceptors (Lipinski definition) is 5. The number of anilines is 1. The predicted octanol–water partition coefficient (Wildman–Crippen LogP) is 2.58. The zero-order chi connectivity index (χ0) is 18.8. The Hall–Kier alpha value is -1.69. The number of carbonyl (C=O) groups excluding carboxylic acids is 1. The van der Waals surface area contributed by atoms with Gasteiger partial charge in [-0.1, -0.05) is 13.3 Å². The summed E-state index contributed by atoms with van der Waals surface area (Å²) in [7, 11) is 0. The van der Waals surface area contributed by atoms with Crippen LogP contribution in [0.3, 0.4) is 0 Å². The van der Waals surface area contributed by atoms with Gasteiger partial charge in [0.25, 0.3) is 0 Å². The molecule has 1 N–H and O–H groups in total. The number of amides is 1. The minimum Gasteiger partial charge on any atom is -0.376 e. The number of ether oxygens (including phenoxy) is 1. The first kappa shape index (κ1) is 18.7. The van der Waals surface area contributed by atoms with Crippen molar-refractivity contribution in [3.05, 3.63) is 18.0 Å². The molecule has 1 aromatic heterocycles. The van der Waals surface area contributed by atoms with Crippen LogP contribution in [-0.4, -0.2) is 47.7 Å². The Morgan fingerprint density at radius 1 is 1.22 bits per heavy atom. The third-order valence-corrected chi connectivity index (χ3v) is 6.26. The first-order valence-electron chi connectivity index (χ1n) is 10.6. The number of fused-ring (bicyclic) bond motifs is 1. The van der Waals surface area contributed by atoms with Crippen LogP contribution in [0.5, 0.6) is 0 Å². The lowest BCUT2D eigenvalue weighted by Crippen LogP contribution is -2.50. The van der Waals surface area contributed by atoms with Gasteiger partial charge in [-0.15, -0.1) is 0 Å². The minimum atomic E-state index is 0.0446. The van der Waals surface area contributed by atoms with Gasteiger partial charge in [0.05, 0.1) is 12.1 Å². The predicted molar refractivity (Wildman–Crippen MR) is 105 cm³/mol. The monoisotopic (exact) mass is 372 g/mol. The van der Waals surface area contributed by atoms with Crippen LogP contribution >= 0.6 is 0 Å². The van der Waals surface area contributed by atoms with Crippen molar-refractivity contribution in [2.75, 3.05) is 24.6 Å². The van der Waals surface area contributed by atoms with E-state index in [2.05, 4.69) is 27.1 Å². The number of nitrogens with one attached hydrogen (secondary N) is 1. The molecule has 3 aliphatic rings. The third-order valence-electron chi connectivity index (χ3n) is 6.26. The van der Waals surface area contributed by atoms with Crippen LogP contribution in [0.4, 0.5) is 5.95 Å². The quantitative estimate of drug-likeness (QED) is 0.797. The molecule has 2 aliphatic carbocycles. The smallest absolute Gasteiger partial charge is 0.225 e. The summed E-state index contributed by atoms with van der Waals surface area (Å²) in [5.41, 5.74) is 1.21. The van der Waals surface area contributed by atoms with Crippen molar-refractivity contribution < 1.29 is 9.53 Å². The molecule has 3 fully saturated rings.